The largest absolute Gasteiger partial charge is 0.431 e. The van der Waals surface area contributed by atoms with Gasteiger partial charge in [0.25, 0.3) is 0 Å². The van der Waals surface area contributed by atoms with Gasteiger partial charge in [-0.2, -0.15) is 0 Å². The van der Waals surface area contributed by atoms with Crippen LogP contribution in [0.25, 0.3) is 0 Å². The van der Waals surface area contributed by atoms with Gasteiger partial charge in [0.15, 0.2) is 6.04 Å². The Morgan fingerprint density at radius 1 is 1.41 bits per heavy atom. The number of nitrogens with zero attached hydrogens (tertiary/aromatic N) is 1. The van der Waals surface area contributed by atoms with Gasteiger partial charge in [-0.15, -0.1) is 0 Å². The van der Waals surface area contributed by atoms with Crippen LogP contribution in [0.3, 0.4) is 0 Å². The van der Waals surface area contributed by atoms with E-state index in [1.165, 1.54) is 32.1 Å². The van der Waals surface area contributed by atoms with Gasteiger partial charge < -0.3 is 5.32 Å². The smallest absolute Gasteiger partial charge is 0.304 e. The molecular weight excluding hydrogens is 218 g/mol. The second-order valence-corrected chi connectivity index (χ2v) is 5.11. The molecular formula is C12H22N3O2+. The number of aromatic amines is 1. The molecule has 1 saturated carbocycles. The summed E-state index contributed by atoms with van der Waals surface area (Å²) >= 11 is 0. The Morgan fingerprint density at radius 3 is 2.76 bits per heavy atom. The number of nitrogens with one attached hydrogen (secondary N) is 2. The molecule has 0 aliphatic heterocycles. The van der Waals surface area contributed by atoms with Gasteiger partial charge in [0.05, 0.1) is 6.54 Å². The summed E-state index contributed by atoms with van der Waals surface area (Å²) in [5.41, 5.74) is 0.424. The molecule has 0 unspecified atom stereocenters. The minimum Gasteiger partial charge on any atom is -0.304 e. The Hall–Kier alpha value is -1.10. The lowest BCUT2D eigenvalue weighted by atomic mass is 9.95. The molecule has 0 bridgehead atoms. The van der Waals surface area contributed by atoms with Crippen LogP contribution in [0.2, 0.25) is 0 Å². The van der Waals surface area contributed by atoms with E-state index in [0.29, 0.717) is 18.3 Å². The predicted octanol–water partition coefficient (Wildman–Crippen LogP) is 1.26. The van der Waals surface area contributed by atoms with Gasteiger partial charge in [-0.1, -0.05) is 23.9 Å². The van der Waals surface area contributed by atoms with Crippen LogP contribution in [-0.4, -0.2) is 11.3 Å². The molecule has 1 fully saturated rings. The standard InChI is InChI=1S/C12H21N3O2/c1-9(2)15-11(12(16)17-14-15)8-13-10-6-4-3-5-7-10/h9-10,13H,3-8H2,1-2H3/p+1. The van der Waals surface area contributed by atoms with E-state index in [0.717, 1.165) is 0 Å². The highest BCUT2D eigenvalue weighted by Gasteiger charge is 2.24. The number of aromatic nitrogens is 2. The average molecular weight is 240 g/mol. The molecule has 96 valence electrons. The van der Waals surface area contributed by atoms with Gasteiger partial charge in [-0.05, 0) is 32.0 Å². The van der Waals surface area contributed by atoms with E-state index in [-0.39, 0.29) is 11.7 Å². The highest BCUT2D eigenvalue weighted by atomic mass is 16.5. The maximum Gasteiger partial charge on any atom is 0.431 e. The van der Waals surface area contributed by atoms with E-state index in [9.17, 15) is 4.79 Å². The summed E-state index contributed by atoms with van der Waals surface area (Å²) in [6.45, 7) is 4.64. The van der Waals surface area contributed by atoms with Gasteiger partial charge in [-0.25, -0.2) is 4.79 Å². The summed E-state index contributed by atoms with van der Waals surface area (Å²) in [5, 5.41) is 6.11. The summed E-state index contributed by atoms with van der Waals surface area (Å²) in [5.74, 6) is 0. The van der Waals surface area contributed by atoms with E-state index >= 15 is 0 Å². The van der Waals surface area contributed by atoms with Crippen molar-refractivity contribution in [3.05, 3.63) is 16.1 Å². The van der Waals surface area contributed by atoms with Crippen LogP contribution in [0.15, 0.2) is 9.32 Å². The van der Waals surface area contributed by atoms with Crippen molar-refractivity contribution in [2.24, 2.45) is 0 Å². The molecule has 0 spiro atoms. The highest BCUT2D eigenvalue weighted by molar-refractivity contribution is 4.84. The lowest BCUT2D eigenvalue weighted by Gasteiger charge is -2.21. The summed E-state index contributed by atoms with van der Waals surface area (Å²) < 4.78 is 6.63. The fraction of sp³-hybridized carbons (Fsp3) is 0.833. The van der Waals surface area contributed by atoms with E-state index in [4.69, 9.17) is 4.52 Å². The first-order chi connectivity index (χ1) is 8.18. The number of H-pyrrole nitrogens is 1. The lowest BCUT2D eigenvalue weighted by molar-refractivity contribution is -0.785. The molecule has 0 atom stereocenters. The SMILES string of the molecule is CC(C)[n+]1[nH]oc(=O)c1CNC1CCCCC1. The molecule has 1 aromatic heterocycles. The van der Waals surface area contributed by atoms with Crippen LogP contribution in [0.5, 0.6) is 0 Å². The minimum atomic E-state index is -0.262. The van der Waals surface area contributed by atoms with Crippen LogP contribution in [-0.2, 0) is 6.54 Å². The van der Waals surface area contributed by atoms with Gasteiger partial charge in [0.2, 0.25) is 0 Å². The second kappa shape index (κ2) is 5.49. The summed E-state index contributed by atoms with van der Waals surface area (Å²) in [6.07, 6.45) is 6.37. The Bertz CT molecular complexity index is 402. The fourth-order valence-corrected chi connectivity index (χ4v) is 2.43. The summed E-state index contributed by atoms with van der Waals surface area (Å²) in [6, 6.07) is 0.767. The van der Waals surface area contributed by atoms with Crippen LogP contribution in [0, 0.1) is 0 Å². The van der Waals surface area contributed by atoms with Crippen molar-refractivity contribution in [2.45, 2.75) is 64.6 Å². The first kappa shape index (κ1) is 12.4. The average Bonchev–Trinajstić information content (AvgIpc) is 2.69. The van der Waals surface area contributed by atoms with Gasteiger partial charge in [0.1, 0.15) is 0 Å². The zero-order valence-electron chi connectivity index (χ0n) is 10.7. The molecule has 0 aromatic carbocycles. The first-order valence-corrected chi connectivity index (χ1v) is 6.53. The van der Waals surface area contributed by atoms with Crippen molar-refractivity contribution < 1.29 is 9.20 Å². The molecule has 2 rings (SSSR count). The van der Waals surface area contributed by atoms with Crippen molar-refractivity contribution in [1.29, 1.82) is 0 Å². The predicted molar refractivity (Wildman–Crippen MR) is 63.6 cm³/mol. The molecule has 1 heterocycles. The van der Waals surface area contributed by atoms with E-state index in [1.807, 2.05) is 13.8 Å². The van der Waals surface area contributed by atoms with Crippen LogP contribution >= 0.6 is 0 Å². The number of hydrogen-bond donors (Lipinski definition) is 2. The van der Waals surface area contributed by atoms with E-state index in [2.05, 4.69) is 10.6 Å². The topological polar surface area (TPSA) is 61.9 Å². The number of rotatable bonds is 4. The zero-order valence-corrected chi connectivity index (χ0v) is 10.7. The van der Waals surface area contributed by atoms with Crippen molar-refractivity contribution in [3.63, 3.8) is 0 Å². The summed E-state index contributed by atoms with van der Waals surface area (Å²) in [7, 11) is 0. The second-order valence-electron chi connectivity index (χ2n) is 5.11. The van der Waals surface area contributed by atoms with Gasteiger partial charge in [0, 0.05) is 6.04 Å². The maximum absolute atomic E-state index is 11.6. The molecule has 1 aromatic rings. The van der Waals surface area contributed by atoms with Crippen LogP contribution < -0.4 is 15.6 Å². The van der Waals surface area contributed by atoms with E-state index in [1.54, 1.807) is 4.68 Å². The van der Waals surface area contributed by atoms with Crippen LogP contribution in [0.4, 0.5) is 0 Å². The third kappa shape index (κ3) is 2.97. The quantitative estimate of drug-likeness (QED) is 0.779. The fourth-order valence-electron chi connectivity index (χ4n) is 2.43. The Kier molecular flexibility index (Phi) is 3.99. The lowest BCUT2D eigenvalue weighted by Crippen LogP contribution is -2.46. The third-order valence-electron chi connectivity index (χ3n) is 3.44. The molecule has 5 nitrogen and oxygen atoms in total. The molecule has 1 aliphatic rings. The minimum absolute atomic E-state index is 0.213. The Labute approximate surface area is 101 Å². The van der Waals surface area contributed by atoms with Gasteiger partial charge >= 0.3 is 11.3 Å². The normalized spacial score (nSPS) is 17.8. The van der Waals surface area contributed by atoms with Crippen molar-refractivity contribution in [3.8, 4) is 0 Å². The number of hydrogen-bond acceptors (Lipinski definition) is 3. The van der Waals surface area contributed by atoms with Crippen LogP contribution in [0.1, 0.15) is 57.7 Å². The molecule has 5 heteroatoms. The van der Waals surface area contributed by atoms with Crippen molar-refractivity contribution in [2.75, 3.05) is 0 Å². The highest BCUT2D eigenvalue weighted by Crippen LogP contribution is 2.17. The monoisotopic (exact) mass is 240 g/mol. The van der Waals surface area contributed by atoms with Crippen molar-refractivity contribution >= 4 is 0 Å². The Morgan fingerprint density at radius 2 is 2.12 bits per heavy atom. The van der Waals surface area contributed by atoms with Gasteiger partial charge in [-0.3, -0.25) is 4.52 Å². The van der Waals surface area contributed by atoms with Crippen molar-refractivity contribution in [1.82, 2.24) is 10.6 Å². The molecule has 0 amide bonds. The molecule has 0 radical (unpaired) electrons. The Balaban J connectivity index is 1.98. The molecule has 2 N–H and O–H groups in total. The van der Waals surface area contributed by atoms with E-state index < -0.39 is 0 Å². The third-order valence-corrected chi connectivity index (χ3v) is 3.44. The molecule has 0 saturated heterocycles. The summed E-state index contributed by atoms with van der Waals surface area (Å²) in [4.78, 5) is 11.6. The first-order valence-electron chi connectivity index (χ1n) is 6.53. The molecule has 1 aliphatic carbocycles. The maximum atomic E-state index is 11.6. The zero-order chi connectivity index (χ0) is 12.3. The molecule has 17 heavy (non-hydrogen) atoms.